The Hall–Kier alpha value is 0.750. The summed E-state index contributed by atoms with van der Waals surface area (Å²) in [5, 5.41) is 32.2. The van der Waals surface area contributed by atoms with Gasteiger partial charge in [-0.25, -0.2) is 12.6 Å². The molecule has 0 aromatic heterocycles. The quantitative estimate of drug-likeness (QED) is 0.205. The largest absolute Gasteiger partial charge is 1.00 e. The maximum Gasteiger partial charge on any atom is 1.00 e. The van der Waals surface area contributed by atoms with Gasteiger partial charge in [0.25, 0.3) is 0 Å². The Balaban J connectivity index is 0.00000324. The molecule has 4 aliphatic carbocycles. The van der Waals surface area contributed by atoms with Crippen LogP contribution in [0.1, 0.15) is 85.5 Å². The molecule has 0 heterocycles. The molecular weight excluding hydrogens is 467 g/mol. The normalized spacial score (nSPS) is 48.1. The first-order valence-electron chi connectivity index (χ1n) is 13.0. The summed E-state index contributed by atoms with van der Waals surface area (Å²) in [4.78, 5) is 0. The van der Waals surface area contributed by atoms with Crippen molar-refractivity contribution >= 4 is 10.4 Å². The summed E-state index contributed by atoms with van der Waals surface area (Å²) in [6.07, 6.45) is 5.62. The fourth-order valence-electron chi connectivity index (χ4n) is 9.59. The van der Waals surface area contributed by atoms with E-state index in [1.807, 2.05) is 6.92 Å². The minimum Gasteiger partial charge on any atom is -0.725 e. The predicted octanol–water partition coefficient (Wildman–Crippen LogP) is 0.439. The van der Waals surface area contributed by atoms with Gasteiger partial charge in [0.2, 0.25) is 10.4 Å². The van der Waals surface area contributed by atoms with Crippen LogP contribution in [0, 0.1) is 52.3 Å². The summed E-state index contributed by atoms with van der Waals surface area (Å²) in [6, 6.07) is 0. The van der Waals surface area contributed by atoms with E-state index >= 15 is 0 Å². The molecule has 4 saturated carbocycles. The van der Waals surface area contributed by atoms with Gasteiger partial charge in [-0.15, -0.1) is 0 Å². The first-order valence-corrected chi connectivity index (χ1v) is 14.3. The van der Waals surface area contributed by atoms with Crippen molar-refractivity contribution in [3.8, 4) is 0 Å². The van der Waals surface area contributed by atoms with Gasteiger partial charge in [0.1, 0.15) is 0 Å². The Bertz CT molecular complexity index is 824. The summed E-state index contributed by atoms with van der Waals surface area (Å²) in [5.41, 5.74) is 0.161. The van der Waals surface area contributed by atoms with E-state index in [0.717, 1.165) is 51.4 Å². The molecule has 4 rings (SSSR count). The van der Waals surface area contributed by atoms with Crippen LogP contribution < -0.4 is 29.6 Å². The Morgan fingerprint density at radius 2 is 1.65 bits per heavy atom. The summed E-state index contributed by atoms with van der Waals surface area (Å²) >= 11 is 0. The topological polar surface area (TPSA) is 127 Å². The Labute approximate surface area is 227 Å². The SMILES string of the molecule is CC[C@H]1[C@@H](O)C2C3CC[C@H]([C@H](C)CC(O)OS(=O)(=O)[O-])[C@@]3(C)CCC2[C@@]2(C)CC[C@@H](O)C[C@@H]12.[Na+]. The maximum absolute atomic E-state index is 11.7. The van der Waals surface area contributed by atoms with Gasteiger partial charge in [0, 0.05) is 6.42 Å². The van der Waals surface area contributed by atoms with E-state index in [4.69, 9.17) is 0 Å². The van der Waals surface area contributed by atoms with Crippen molar-refractivity contribution in [1.29, 1.82) is 0 Å². The third-order valence-electron chi connectivity index (χ3n) is 11.0. The molecule has 0 bridgehead atoms. The molecule has 192 valence electrons. The Morgan fingerprint density at radius 3 is 2.26 bits per heavy atom. The molecule has 7 nitrogen and oxygen atoms in total. The van der Waals surface area contributed by atoms with Crippen LogP contribution in [0.2, 0.25) is 0 Å². The second-order valence-corrected chi connectivity index (χ2v) is 13.3. The zero-order valence-electron chi connectivity index (χ0n) is 21.5. The third-order valence-corrected chi connectivity index (χ3v) is 11.4. The molecule has 0 saturated heterocycles. The van der Waals surface area contributed by atoms with E-state index in [9.17, 15) is 28.3 Å². The molecule has 0 aromatic carbocycles. The van der Waals surface area contributed by atoms with Crippen LogP contribution in [0.3, 0.4) is 0 Å². The maximum atomic E-state index is 11.7. The van der Waals surface area contributed by atoms with Crippen molar-refractivity contribution < 1.29 is 62.0 Å². The zero-order chi connectivity index (χ0) is 24.3. The van der Waals surface area contributed by atoms with Crippen molar-refractivity contribution in [2.75, 3.05) is 0 Å². The Morgan fingerprint density at radius 1 is 1.03 bits per heavy atom. The molecule has 12 atom stereocenters. The molecule has 0 spiro atoms. The van der Waals surface area contributed by atoms with Gasteiger partial charge in [-0.05, 0) is 97.2 Å². The number of rotatable bonds is 6. The van der Waals surface area contributed by atoms with Crippen LogP contribution in [0.4, 0.5) is 0 Å². The van der Waals surface area contributed by atoms with E-state index in [0.29, 0.717) is 17.8 Å². The van der Waals surface area contributed by atoms with Gasteiger partial charge in [0.15, 0.2) is 6.29 Å². The van der Waals surface area contributed by atoms with E-state index in [2.05, 4.69) is 25.0 Å². The van der Waals surface area contributed by atoms with E-state index in [1.54, 1.807) is 0 Å². The van der Waals surface area contributed by atoms with Crippen LogP contribution in [-0.4, -0.2) is 46.8 Å². The minimum atomic E-state index is -4.94. The van der Waals surface area contributed by atoms with Gasteiger partial charge in [-0.1, -0.05) is 34.1 Å². The van der Waals surface area contributed by atoms with Gasteiger partial charge < -0.3 is 19.9 Å². The first kappa shape index (κ1) is 29.3. The standard InChI is InChI=1S/C25H44O7S.Na/c1-5-16-20-13-15(26)8-10-25(20,4)19-9-11-24(3)17(6-7-18(24)22(19)23(16)28)14(2)12-21(27)32-33(29,30)31;/h14-23,26-28H,5-13H2,1-4H3,(H,29,30,31);/q;+1/p-1/t14-,15-,16-,17-,18?,19?,20+,21?,22?,23-,24-,25-;/m1./s1. The summed E-state index contributed by atoms with van der Waals surface area (Å²) in [6.45, 7) is 8.93. The van der Waals surface area contributed by atoms with Crippen molar-refractivity contribution in [2.24, 2.45) is 52.3 Å². The fraction of sp³-hybridized carbons (Fsp3) is 1.00. The predicted molar refractivity (Wildman–Crippen MR) is 122 cm³/mol. The van der Waals surface area contributed by atoms with Crippen molar-refractivity contribution in [3.05, 3.63) is 0 Å². The van der Waals surface area contributed by atoms with Gasteiger partial charge in [-0.2, -0.15) is 0 Å². The second kappa shape index (κ2) is 10.5. The van der Waals surface area contributed by atoms with Crippen LogP contribution in [0.15, 0.2) is 0 Å². The molecule has 4 fully saturated rings. The summed E-state index contributed by atoms with van der Waals surface area (Å²) in [5.74, 6) is 1.95. The summed E-state index contributed by atoms with van der Waals surface area (Å²) < 4.78 is 36.9. The molecule has 9 heteroatoms. The molecule has 3 N–H and O–H groups in total. The summed E-state index contributed by atoms with van der Waals surface area (Å²) in [7, 11) is -4.94. The molecular formula is C25H43NaO7S. The van der Waals surface area contributed by atoms with Crippen molar-refractivity contribution in [3.63, 3.8) is 0 Å². The van der Waals surface area contributed by atoms with Crippen LogP contribution >= 0.6 is 0 Å². The average molecular weight is 511 g/mol. The van der Waals surface area contributed by atoms with Crippen LogP contribution in [-0.2, 0) is 14.6 Å². The smallest absolute Gasteiger partial charge is 0.725 e. The molecule has 0 amide bonds. The second-order valence-electron chi connectivity index (χ2n) is 12.3. The van der Waals surface area contributed by atoms with Crippen molar-refractivity contribution in [1.82, 2.24) is 0 Å². The molecule has 4 aliphatic rings. The molecule has 34 heavy (non-hydrogen) atoms. The number of fused-ring (bicyclic) bond motifs is 5. The van der Waals surface area contributed by atoms with E-state index in [-0.39, 0.29) is 82.7 Å². The van der Waals surface area contributed by atoms with Crippen LogP contribution in [0.25, 0.3) is 0 Å². The molecule has 0 aliphatic heterocycles. The fourth-order valence-corrected chi connectivity index (χ4v) is 9.94. The van der Waals surface area contributed by atoms with Gasteiger partial charge >= 0.3 is 29.6 Å². The van der Waals surface area contributed by atoms with Gasteiger partial charge in [-0.3, -0.25) is 0 Å². The monoisotopic (exact) mass is 510 g/mol. The third kappa shape index (κ3) is 5.06. The minimum absolute atomic E-state index is 0. The number of aliphatic hydroxyl groups is 3. The average Bonchev–Trinajstić information content (AvgIpc) is 3.05. The van der Waals surface area contributed by atoms with Gasteiger partial charge in [0.05, 0.1) is 12.2 Å². The molecule has 0 radical (unpaired) electrons. The number of hydrogen-bond donors (Lipinski definition) is 3. The van der Waals surface area contributed by atoms with Crippen molar-refractivity contribution in [2.45, 2.75) is 104 Å². The number of hydrogen-bond acceptors (Lipinski definition) is 7. The molecule has 4 unspecified atom stereocenters. The van der Waals surface area contributed by atoms with E-state index < -0.39 is 16.7 Å². The first-order chi connectivity index (χ1) is 15.3. The zero-order valence-corrected chi connectivity index (χ0v) is 24.3. The van der Waals surface area contributed by atoms with Crippen LogP contribution in [0.5, 0.6) is 0 Å². The Kier molecular flexibility index (Phi) is 9.04. The number of aliphatic hydroxyl groups excluding tert-OH is 3. The molecule has 0 aromatic rings. The van der Waals surface area contributed by atoms with E-state index in [1.165, 1.54) is 0 Å².